The number of rotatable bonds is 4. The van der Waals surface area contributed by atoms with Crippen molar-refractivity contribution < 1.29 is 9.59 Å². The minimum absolute atomic E-state index is 0.103. The number of nitrogens with one attached hydrogen (secondary N) is 2. The lowest BCUT2D eigenvalue weighted by atomic mass is 9.86. The fourth-order valence-electron chi connectivity index (χ4n) is 2.97. The molecule has 0 atom stereocenters. The second-order valence-electron chi connectivity index (χ2n) is 7.36. The van der Waals surface area contributed by atoms with E-state index < -0.39 is 11.8 Å². The number of para-hydroxylation sites is 1. The van der Waals surface area contributed by atoms with E-state index in [4.69, 9.17) is 0 Å². The highest BCUT2D eigenvalue weighted by Crippen LogP contribution is 2.29. The van der Waals surface area contributed by atoms with Crippen LogP contribution in [0, 0.1) is 0 Å². The summed E-state index contributed by atoms with van der Waals surface area (Å²) in [6.07, 6.45) is 7.82. The lowest BCUT2D eigenvalue weighted by molar-refractivity contribution is -0.136. The summed E-state index contributed by atoms with van der Waals surface area (Å²) in [5, 5.41) is 5.46. The molecule has 0 unspecified atom stereocenters. The van der Waals surface area contributed by atoms with E-state index in [0.29, 0.717) is 12.2 Å². The van der Waals surface area contributed by atoms with Crippen LogP contribution in [0.1, 0.15) is 58.4 Å². The second-order valence-corrected chi connectivity index (χ2v) is 7.36. The van der Waals surface area contributed by atoms with Crippen molar-refractivity contribution in [1.29, 1.82) is 0 Å². The molecule has 1 aliphatic rings. The highest BCUT2D eigenvalue weighted by molar-refractivity contribution is 6.39. The van der Waals surface area contributed by atoms with Crippen LogP contribution in [0.25, 0.3) is 0 Å². The maximum absolute atomic E-state index is 12.1. The number of anilines is 1. The van der Waals surface area contributed by atoms with E-state index in [0.717, 1.165) is 24.8 Å². The molecule has 1 aromatic rings. The van der Waals surface area contributed by atoms with Crippen LogP contribution in [0.3, 0.4) is 0 Å². The van der Waals surface area contributed by atoms with Gasteiger partial charge >= 0.3 is 11.8 Å². The van der Waals surface area contributed by atoms with E-state index in [9.17, 15) is 9.59 Å². The van der Waals surface area contributed by atoms with Crippen molar-refractivity contribution in [2.75, 3.05) is 11.9 Å². The van der Waals surface area contributed by atoms with Gasteiger partial charge in [-0.2, -0.15) is 0 Å². The smallest absolute Gasteiger partial charge is 0.313 e. The zero-order valence-electron chi connectivity index (χ0n) is 14.9. The number of allylic oxidation sites excluding steroid dienone is 1. The van der Waals surface area contributed by atoms with Crippen LogP contribution in [0.5, 0.6) is 0 Å². The Kier molecular flexibility index (Phi) is 6.18. The van der Waals surface area contributed by atoms with Crippen LogP contribution in [0.15, 0.2) is 35.9 Å². The van der Waals surface area contributed by atoms with E-state index in [1.807, 2.05) is 24.3 Å². The number of carbonyl (C=O) groups excluding carboxylic acids is 2. The fraction of sp³-hybridized carbons (Fsp3) is 0.500. The van der Waals surface area contributed by atoms with E-state index in [-0.39, 0.29) is 5.41 Å². The van der Waals surface area contributed by atoms with Crippen LogP contribution in [0.4, 0.5) is 5.69 Å². The van der Waals surface area contributed by atoms with Gasteiger partial charge < -0.3 is 10.6 Å². The third-order valence-electron chi connectivity index (χ3n) is 4.31. The van der Waals surface area contributed by atoms with Gasteiger partial charge in [0.2, 0.25) is 0 Å². The van der Waals surface area contributed by atoms with E-state index >= 15 is 0 Å². The van der Waals surface area contributed by atoms with Gasteiger partial charge in [0.1, 0.15) is 0 Å². The highest BCUT2D eigenvalue weighted by atomic mass is 16.2. The molecule has 1 aliphatic carbocycles. The number of benzene rings is 1. The molecule has 0 aliphatic heterocycles. The van der Waals surface area contributed by atoms with Gasteiger partial charge in [0.25, 0.3) is 0 Å². The number of carbonyl (C=O) groups is 2. The Morgan fingerprint density at radius 3 is 2.50 bits per heavy atom. The first-order valence-corrected chi connectivity index (χ1v) is 8.74. The maximum atomic E-state index is 12.1. The minimum Gasteiger partial charge on any atom is -0.348 e. The number of hydrogen-bond donors (Lipinski definition) is 2. The van der Waals surface area contributed by atoms with Crippen LogP contribution in [-0.4, -0.2) is 18.4 Å². The molecule has 0 bridgehead atoms. The van der Waals surface area contributed by atoms with E-state index in [1.165, 1.54) is 18.4 Å². The molecule has 2 rings (SSSR count). The molecule has 0 fully saturated rings. The summed E-state index contributed by atoms with van der Waals surface area (Å²) in [6.45, 7) is 6.75. The highest BCUT2D eigenvalue weighted by Gasteiger charge is 2.20. The third kappa shape index (κ3) is 5.22. The lowest BCUT2D eigenvalue weighted by Gasteiger charge is -2.22. The lowest BCUT2D eigenvalue weighted by Crippen LogP contribution is -2.36. The molecule has 0 heterocycles. The molecule has 0 saturated carbocycles. The van der Waals surface area contributed by atoms with E-state index in [1.54, 1.807) is 0 Å². The number of hydrogen-bond acceptors (Lipinski definition) is 2. The molecule has 4 heteroatoms. The summed E-state index contributed by atoms with van der Waals surface area (Å²) in [6, 6.07) is 7.61. The van der Waals surface area contributed by atoms with Gasteiger partial charge in [0, 0.05) is 12.2 Å². The average Bonchev–Trinajstić information content (AvgIpc) is 2.55. The van der Waals surface area contributed by atoms with Gasteiger partial charge in [0.15, 0.2) is 0 Å². The van der Waals surface area contributed by atoms with Gasteiger partial charge in [-0.1, -0.05) is 50.6 Å². The van der Waals surface area contributed by atoms with Crippen LogP contribution < -0.4 is 10.6 Å². The number of amides is 2. The molecule has 0 aromatic heterocycles. The van der Waals surface area contributed by atoms with Crippen LogP contribution in [-0.2, 0) is 15.0 Å². The molecule has 4 nitrogen and oxygen atoms in total. The van der Waals surface area contributed by atoms with Crippen molar-refractivity contribution in [2.24, 2.45) is 0 Å². The third-order valence-corrected chi connectivity index (χ3v) is 4.31. The molecule has 0 spiro atoms. The topological polar surface area (TPSA) is 58.2 Å². The van der Waals surface area contributed by atoms with E-state index in [2.05, 4.69) is 37.5 Å². The fourth-order valence-corrected chi connectivity index (χ4v) is 2.97. The Bertz CT molecular complexity index is 627. The summed E-state index contributed by atoms with van der Waals surface area (Å²) in [4.78, 5) is 24.1. The summed E-state index contributed by atoms with van der Waals surface area (Å²) in [5.74, 6) is -1.18. The van der Waals surface area contributed by atoms with Crippen LogP contribution in [0.2, 0.25) is 0 Å². The van der Waals surface area contributed by atoms with Crippen molar-refractivity contribution >= 4 is 17.5 Å². The average molecular weight is 328 g/mol. The predicted molar refractivity (Wildman–Crippen MR) is 97.9 cm³/mol. The minimum atomic E-state index is -0.607. The first-order valence-electron chi connectivity index (χ1n) is 8.74. The van der Waals surface area contributed by atoms with Gasteiger partial charge in [-0.3, -0.25) is 9.59 Å². The molecule has 0 radical (unpaired) electrons. The van der Waals surface area contributed by atoms with Crippen molar-refractivity contribution in [3.8, 4) is 0 Å². The first-order chi connectivity index (χ1) is 11.4. The van der Waals surface area contributed by atoms with Crippen molar-refractivity contribution in [1.82, 2.24) is 5.32 Å². The Hall–Kier alpha value is -2.10. The summed E-state index contributed by atoms with van der Waals surface area (Å²) in [7, 11) is 0. The largest absolute Gasteiger partial charge is 0.348 e. The SMILES string of the molecule is CC(C)(C)c1ccccc1NC(=O)C(=O)NCCC1=CCCCC1. The molecule has 2 amide bonds. The normalized spacial score (nSPS) is 14.7. The Balaban J connectivity index is 1.88. The molecule has 2 N–H and O–H groups in total. The quantitative estimate of drug-likeness (QED) is 0.650. The Morgan fingerprint density at radius 2 is 1.83 bits per heavy atom. The zero-order valence-corrected chi connectivity index (χ0v) is 14.9. The molecule has 1 aromatic carbocycles. The first kappa shape index (κ1) is 18.2. The summed E-state index contributed by atoms with van der Waals surface area (Å²) < 4.78 is 0. The standard InChI is InChI=1S/C20H28N2O2/c1-20(2,3)16-11-7-8-12-17(16)22-19(24)18(23)21-14-13-15-9-5-4-6-10-15/h7-9,11-12H,4-6,10,13-14H2,1-3H3,(H,21,23)(H,22,24). The molecule has 0 saturated heterocycles. The molecular weight excluding hydrogens is 300 g/mol. The monoisotopic (exact) mass is 328 g/mol. The van der Waals surface area contributed by atoms with Crippen molar-refractivity contribution in [3.63, 3.8) is 0 Å². The predicted octanol–water partition coefficient (Wildman–Crippen LogP) is 3.93. The maximum Gasteiger partial charge on any atom is 0.313 e. The van der Waals surface area contributed by atoms with Crippen LogP contribution >= 0.6 is 0 Å². The Morgan fingerprint density at radius 1 is 1.08 bits per heavy atom. The van der Waals surface area contributed by atoms with Gasteiger partial charge in [-0.15, -0.1) is 0 Å². The van der Waals surface area contributed by atoms with Gasteiger partial charge in [-0.05, 0) is 49.1 Å². The molecular formula is C20H28N2O2. The summed E-state index contributed by atoms with van der Waals surface area (Å²) >= 11 is 0. The van der Waals surface area contributed by atoms with Crippen molar-refractivity contribution in [2.45, 2.75) is 58.3 Å². The Labute approximate surface area is 144 Å². The zero-order chi connectivity index (χ0) is 17.6. The van der Waals surface area contributed by atoms with Crippen molar-refractivity contribution in [3.05, 3.63) is 41.5 Å². The molecule has 24 heavy (non-hydrogen) atoms. The summed E-state index contributed by atoms with van der Waals surface area (Å²) in [5.41, 5.74) is 2.99. The second kappa shape index (κ2) is 8.13. The molecule has 130 valence electrons. The van der Waals surface area contributed by atoms with Gasteiger partial charge in [0.05, 0.1) is 0 Å². The van der Waals surface area contributed by atoms with Gasteiger partial charge in [-0.25, -0.2) is 0 Å².